The molecule has 0 aromatic heterocycles. The zero-order valence-electron chi connectivity index (χ0n) is 11.6. The van der Waals surface area contributed by atoms with Crippen LogP contribution in [0.3, 0.4) is 0 Å². The minimum Gasteiger partial charge on any atom is -0.382 e. The third-order valence-corrected chi connectivity index (χ3v) is 3.45. The van der Waals surface area contributed by atoms with Gasteiger partial charge in [-0.2, -0.15) is 5.10 Å². The molecule has 1 aliphatic carbocycles. The Morgan fingerprint density at radius 2 is 2.17 bits per heavy atom. The number of nitrogens with zero attached hydrogens (tertiary/aromatic N) is 2. The van der Waals surface area contributed by atoms with E-state index >= 15 is 0 Å². The molecule has 1 atom stereocenters. The summed E-state index contributed by atoms with van der Waals surface area (Å²) < 4.78 is 5.28. The van der Waals surface area contributed by atoms with Crippen molar-refractivity contribution in [1.29, 1.82) is 0 Å². The minimum atomic E-state index is 0.441. The average molecular weight is 247 g/mol. The molecule has 2 rings (SSSR count). The number of ether oxygens (including phenoxy) is 1. The van der Waals surface area contributed by atoms with E-state index in [1.807, 2.05) is 0 Å². The van der Waals surface area contributed by atoms with E-state index in [0.717, 1.165) is 13.2 Å². The highest BCUT2D eigenvalue weighted by Crippen LogP contribution is 2.29. The first kappa shape index (κ1) is 13.9. The standard InChI is InChI=1S/C15H23N2O/c1-12(2)15(13-7-4-5-8-13)16-17-10-6-9-14(17)11-18-3/h4-5,7-8,12,14H,6,9-11H2,1-3H3/b16-15-/t14-/m0/s1. The smallest absolute Gasteiger partial charge is 0.0704 e. The molecule has 18 heavy (non-hydrogen) atoms. The van der Waals surface area contributed by atoms with Gasteiger partial charge in [-0.3, -0.25) is 5.01 Å². The van der Waals surface area contributed by atoms with Crippen molar-refractivity contribution in [2.24, 2.45) is 11.0 Å². The van der Waals surface area contributed by atoms with Crippen LogP contribution in [0.4, 0.5) is 0 Å². The fourth-order valence-electron chi connectivity index (χ4n) is 2.50. The molecule has 0 bridgehead atoms. The molecule has 3 heteroatoms. The third-order valence-electron chi connectivity index (χ3n) is 3.45. The largest absolute Gasteiger partial charge is 0.382 e. The lowest BCUT2D eigenvalue weighted by Crippen LogP contribution is -2.31. The minimum absolute atomic E-state index is 0.441. The predicted octanol–water partition coefficient (Wildman–Crippen LogP) is 2.51. The van der Waals surface area contributed by atoms with Crippen LogP contribution in [0.25, 0.3) is 0 Å². The monoisotopic (exact) mass is 247 g/mol. The Labute approximate surface area is 112 Å². The summed E-state index contributed by atoms with van der Waals surface area (Å²) >= 11 is 0. The van der Waals surface area contributed by atoms with E-state index < -0.39 is 0 Å². The van der Waals surface area contributed by atoms with Crippen LogP contribution in [-0.4, -0.2) is 37.0 Å². The summed E-state index contributed by atoms with van der Waals surface area (Å²) in [6.45, 7) is 6.22. The van der Waals surface area contributed by atoms with Crippen LogP contribution < -0.4 is 0 Å². The zero-order valence-corrected chi connectivity index (χ0v) is 11.6. The van der Waals surface area contributed by atoms with Crippen molar-refractivity contribution in [3.05, 3.63) is 31.6 Å². The zero-order chi connectivity index (χ0) is 13.0. The number of methoxy groups -OCH3 is 1. The highest BCUT2D eigenvalue weighted by Gasteiger charge is 2.28. The lowest BCUT2D eigenvalue weighted by molar-refractivity contribution is 0.117. The Bertz CT molecular complexity index is 282. The molecule has 2 aliphatic rings. The maximum atomic E-state index is 5.28. The molecule has 5 radical (unpaired) electrons. The Hall–Kier alpha value is -0.570. The van der Waals surface area contributed by atoms with Crippen LogP contribution in [0.5, 0.6) is 0 Å². The fraction of sp³-hybridized carbons (Fsp3) is 0.600. The maximum absolute atomic E-state index is 5.28. The van der Waals surface area contributed by atoms with Gasteiger partial charge in [0, 0.05) is 25.3 Å². The molecular weight excluding hydrogens is 224 g/mol. The lowest BCUT2D eigenvalue weighted by Gasteiger charge is -2.25. The molecule has 1 heterocycles. The van der Waals surface area contributed by atoms with E-state index in [1.54, 1.807) is 7.11 Å². The molecule has 1 aliphatic heterocycles. The molecule has 0 unspecified atom stereocenters. The summed E-state index contributed by atoms with van der Waals surface area (Å²) in [5.41, 5.74) is 1.18. The molecule has 0 aromatic rings. The molecule has 1 saturated carbocycles. The number of rotatable bonds is 5. The van der Waals surface area contributed by atoms with Gasteiger partial charge in [0.2, 0.25) is 0 Å². The van der Waals surface area contributed by atoms with Crippen molar-refractivity contribution in [3.8, 4) is 0 Å². The van der Waals surface area contributed by atoms with E-state index in [4.69, 9.17) is 9.84 Å². The van der Waals surface area contributed by atoms with Crippen LogP contribution in [0, 0.1) is 37.5 Å². The molecule has 2 fully saturated rings. The van der Waals surface area contributed by atoms with E-state index in [-0.39, 0.29) is 0 Å². The first-order valence-corrected chi connectivity index (χ1v) is 6.78. The van der Waals surface area contributed by atoms with Crippen LogP contribution in [-0.2, 0) is 4.74 Å². The van der Waals surface area contributed by atoms with E-state index in [9.17, 15) is 0 Å². The highest BCUT2D eigenvalue weighted by atomic mass is 16.5. The van der Waals surface area contributed by atoms with E-state index in [2.05, 4.69) is 44.5 Å². The molecule has 0 N–H and O–H groups in total. The fourth-order valence-corrected chi connectivity index (χ4v) is 2.50. The van der Waals surface area contributed by atoms with Crippen molar-refractivity contribution >= 4 is 5.71 Å². The highest BCUT2D eigenvalue weighted by molar-refractivity contribution is 6.03. The second-order valence-corrected chi connectivity index (χ2v) is 5.23. The van der Waals surface area contributed by atoms with Gasteiger partial charge < -0.3 is 4.74 Å². The van der Waals surface area contributed by atoms with Crippen molar-refractivity contribution in [3.63, 3.8) is 0 Å². The van der Waals surface area contributed by atoms with Gasteiger partial charge in [0.25, 0.3) is 0 Å². The van der Waals surface area contributed by atoms with Crippen molar-refractivity contribution < 1.29 is 4.74 Å². The van der Waals surface area contributed by atoms with Gasteiger partial charge in [-0.05, 0) is 44.4 Å². The molecular formula is C15H23N2O. The molecule has 0 amide bonds. The molecule has 3 nitrogen and oxygen atoms in total. The van der Waals surface area contributed by atoms with Gasteiger partial charge in [0.1, 0.15) is 0 Å². The first-order valence-electron chi connectivity index (χ1n) is 6.78. The van der Waals surface area contributed by atoms with Gasteiger partial charge in [-0.15, -0.1) is 0 Å². The van der Waals surface area contributed by atoms with Crippen molar-refractivity contribution in [2.45, 2.75) is 32.7 Å². The summed E-state index contributed by atoms with van der Waals surface area (Å²) in [4.78, 5) is 0. The summed E-state index contributed by atoms with van der Waals surface area (Å²) in [6.07, 6.45) is 10.8. The number of hydrogen-bond acceptors (Lipinski definition) is 3. The SMILES string of the molecule is COC[C@@H]1CCCN1/N=C(\[C]1[CH][CH][CH][CH]1)C(C)C. The molecule has 0 aromatic carbocycles. The Morgan fingerprint density at radius 3 is 2.78 bits per heavy atom. The third kappa shape index (κ3) is 3.25. The van der Waals surface area contributed by atoms with Crippen LogP contribution in [0.15, 0.2) is 5.10 Å². The predicted molar refractivity (Wildman–Crippen MR) is 74.3 cm³/mol. The van der Waals surface area contributed by atoms with Crippen LogP contribution >= 0.6 is 0 Å². The normalized spacial score (nSPS) is 26.6. The Balaban J connectivity index is 2.06. The van der Waals surface area contributed by atoms with E-state index in [1.165, 1.54) is 24.5 Å². The maximum Gasteiger partial charge on any atom is 0.0704 e. The van der Waals surface area contributed by atoms with Crippen LogP contribution in [0.1, 0.15) is 26.7 Å². The molecule has 0 spiro atoms. The molecule has 1 saturated heterocycles. The summed E-state index contributed by atoms with van der Waals surface area (Å²) in [7, 11) is 1.76. The Morgan fingerprint density at radius 1 is 1.44 bits per heavy atom. The van der Waals surface area contributed by atoms with Gasteiger partial charge in [-0.1, -0.05) is 13.8 Å². The Kier molecular flexibility index (Phi) is 5.04. The van der Waals surface area contributed by atoms with Gasteiger partial charge in [-0.25, -0.2) is 0 Å². The molecule has 99 valence electrons. The topological polar surface area (TPSA) is 24.8 Å². The second-order valence-electron chi connectivity index (χ2n) is 5.23. The van der Waals surface area contributed by atoms with Gasteiger partial charge >= 0.3 is 0 Å². The summed E-state index contributed by atoms with van der Waals surface area (Å²) in [6, 6.07) is 0.443. The van der Waals surface area contributed by atoms with Gasteiger partial charge in [0.05, 0.1) is 12.6 Å². The van der Waals surface area contributed by atoms with Crippen LogP contribution in [0.2, 0.25) is 0 Å². The number of hydrazone groups is 1. The van der Waals surface area contributed by atoms with E-state index in [0.29, 0.717) is 12.0 Å². The van der Waals surface area contributed by atoms with Crippen molar-refractivity contribution in [2.75, 3.05) is 20.3 Å². The summed E-state index contributed by atoms with van der Waals surface area (Å²) in [5.74, 6) is 1.68. The second kappa shape index (κ2) is 6.55. The summed E-state index contributed by atoms with van der Waals surface area (Å²) in [5, 5.41) is 7.10. The first-order chi connectivity index (χ1) is 8.72. The number of hydrogen-bond donors (Lipinski definition) is 0. The van der Waals surface area contributed by atoms with Gasteiger partial charge in [0.15, 0.2) is 0 Å². The average Bonchev–Trinajstić information content (AvgIpc) is 2.97. The lowest BCUT2D eigenvalue weighted by atomic mass is 9.93. The van der Waals surface area contributed by atoms with Crippen molar-refractivity contribution in [1.82, 2.24) is 5.01 Å². The quantitative estimate of drug-likeness (QED) is 0.697.